The Morgan fingerprint density at radius 2 is 1.94 bits per heavy atom. The van der Waals surface area contributed by atoms with Crippen molar-refractivity contribution in [1.82, 2.24) is 5.32 Å². The molecule has 0 saturated heterocycles. The number of carbonyl (C=O) groups excluding carboxylic acids is 1. The van der Waals surface area contributed by atoms with E-state index in [-0.39, 0.29) is 17.7 Å². The van der Waals surface area contributed by atoms with Crippen molar-refractivity contribution in [2.45, 2.75) is 13.0 Å². The van der Waals surface area contributed by atoms with E-state index in [1.807, 2.05) is 25.1 Å². The largest absolute Gasteiger partial charge is 0.349 e. The summed E-state index contributed by atoms with van der Waals surface area (Å²) in [6.07, 6.45) is 0. The summed E-state index contributed by atoms with van der Waals surface area (Å²) in [5.41, 5.74) is 1.11. The molecule has 0 bridgehead atoms. The number of nitrogens with one attached hydrogen (secondary N) is 1. The van der Waals surface area contributed by atoms with Crippen LogP contribution in [0.25, 0.3) is 10.8 Å². The molecule has 17 heavy (non-hydrogen) atoms. The Labute approximate surface area is 106 Å². The number of amides is 1. The number of hydrogen-bond donors (Lipinski definition) is 2. The number of hydrogen-bond acceptors (Lipinski definition) is 2. The summed E-state index contributed by atoms with van der Waals surface area (Å²) in [6.45, 7) is 1.98. The fourth-order valence-corrected chi connectivity index (χ4v) is 1.94. The van der Waals surface area contributed by atoms with Crippen LogP contribution in [0.4, 0.5) is 0 Å². The van der Waals surface area contributed by atoms with E-state index in [4.69, 9.17) is 0 Å². The molecule has 0 saturated carbocycles. The van der Waals surface area contributed by atoms with Gasteiger partial charge in [0.1, 0.15) is 0 Å². The Balaban J connectivity index is 2.26. The minimum absolute atomic E-state index is 0.0132. The number of carbonyl (C=O) groups is 1. The molecule has 0 aliphatic heterocycles. The maximum atomic E-state index is 11.3. The van der Waals surface area contributed by atoms with Gasteiger partial charge in [-0.2, -0.15) is 12.6 Å². The van der Waals surface area contributed by atoms with Crippen LogP contribution in [0.15, 0.2) is 42.5 Å². The molecule has 0 unspecified atom stereocenters. The Kier molecular flexibility index (Phi) is 3.69. The van der Waals surface area contributed by atoms with Crippen molar-refractivity contribution in [1.29, 1.82) is 0 Å². The van der Waals surface area contributed by atoms with Gasteiger partial charge in [-0.3, -0.25) is 4.79 Å². The summed E-state index contributed by atoms with van der Waals surface area (Å²) in [4.78, 5) is 11.3. The molecule has 3 heteroatoms. The molecule has 0 spiro atoms. The minimum atomic E-state index is -0.0472. The van der Waals surface area contributed by atoms with E-state index < -0.39 is 0 Å². The molecule has 1 amide bonds. The van der Waals surface area contributed by atoms with Crippen LogP contribution >= 0.6 is 12.6 Å². The summed E-state index contributed by atoms with van der Waals surface area (Å²) in [7, 11) is 0. The van der Waals surface area contributed by atoms with Crippen LogP contribution in [0, 0.1) is 0 Å². The van der Waals surface area contributed by atoms with E-state index in [2.05, 4.69) is 42.2 Å². The summed E-state index contributed by atoms with van der Waals surface area (Å²) >= 11 is 3.95. The Bertz CT molecular complexity index is 538. The molecule has 0 aliphatic rings. The third-order valence-electron chi connectivity index (χ3n) is 2.79. The molecule has 2 aromatic rings. The van der Waals surface area contributed by atoms with E-state index in [0.29, 0.717) is 0 Å². The molecular formula is C14H15NOS. The highest BCUT2D eigenvalue weighted by Crippen LogP contribution is 2.20. The lowest BCUT2D eigenvalue weighted by molar-refractivity contribution is -0.119. The summed E-state index contributed by atoms with van der Waals surface area (Å²) < 4.78 is 0. The Morgan fingerprint density at radius 3 is 2.65 bits per heavy atom. The zero-order chi connectivity index (χ0) is 12.3. The standard InChI is InChI=1S/C14H15NOS/c1-10(15-14(16)9-17)12-7-6-11-4-2-3-5-13(11)8-12/h2-8,10,17H,9H2,1H3,(H,15,16)/t10-/m1/s1. The van der Waals surface area contributed by atoms with Crippen molar-refractivity contribution in [2.24, 2.45) is 0 Å². The van der Waals surface area contributed by atoms with Gasteiger partial charge < -0.3 is 5.32 Å². The first-order chi connectivity index (χ1) is 8.20. The number of thiol groups is 1. The van der Waals surface area contributed by atoms with Crippen LogP contribution in [-0.2, 0) is 4.79 Å². The average molecular weight is 245 g/mol. The molecule has 0 heterocycles. The van der Waals surface area contributed by atoms with Gasteiger partial charge in [-0.1, -0.05) is 36.4 Å². The SMILES string of the molecule is C[C@@H](NC(=O)CS)c1ccc2ccccc2c1. The lowest BCUT2D eigenvalue weighted by Crippen LogP contribution is -2.27. The topological polar surface area (TPSA) is 29.1 Å². The van der Waals surface area contributed by atoms with Crippen molar-refractivity contribution >= 4 is 29.3 Å². The first-order valence-electron chi connectivity index (χ1n) is 5.59. The quantitative estimate of drug-likeness (QED) is 0.800. The smallest absolute Gasteiger partial charge is 0.230 e. The van der Waals surface area contributed by atoms with Gasteiger partial charge in [0.25, 0.3) is 0 Å². The van der Waals surface area contributed by atoms with Gasteiger partial charge in [0.15, 0.2) is 0 Å². The normalized spacial score (nSPS) is 12.4. The van der Waals surface area contributed by atoms with Gasteiger partial charge in [-0.15, -0.1) is 0 Å². The van der Waals surface area contributed by atoms with Crippen LogP contribution in [0.3, 0.4) is 0 Å². The number of benzene rings is 2. The number of rotatable bonds is 3. The van der Waals surface area contributed by atoms with Crippen LogP contribution in [-0.4, -0.2) is 11.7 Å². The Morgan fingerprint density at radius 1 is 1.24 bits per heavy atom. The molecule has 0 radical (unpaired) electrons. The van der Waals surface area contributed by atoms with Crippen LogP contribution < -0.4 is 5.32 Å². The maximum Gasteiger partial charge on any atom is 0.230 e. The van der Waals surface area contributed by atoms with E-state index in [9.17, 15) is 4.79 Å². The predicted molar refractivity (Wildman–Crippen MR) is 74.4 cm³/mol. The zero-order valence-corrected chi connectivity index (χ0v) is 10.6. The van der Waals surface area contributed by atoms with E-state index in [1.54, 1.807) is 0 Å². The summed E-state index contributed by atoms with van der Waals surface area (Å²) in [5, 5.41) is 5.30. The molecular weight excluding hydrogens is 230 g/mol. The fourth-order valence-electron chi connectivity index (χ4n) is 1.85. The molecule has 0 fully saturated rings. The molecule has 1 atom stereocenters. The lowest BCUT2D eigenvalue weighted by Gasteiger charge is -2.14. The molecule has 2 rings (SSSR count). The van der Waals surface area contributed by atoms with Crippen LogP contribution in [0.2, 0.25) is 0 Å². The van der Waals surface area contributed by atoms with Gasteiger partial charge in [0.05, 0.1) is 11.8 Å². The zero-order valence-electron chi connectivity index (χ0n) is 9.68. The minimum Gasteiger partial charge on any atom is -0.349 e. The second-order valence-electron chi connectivity index (χ2n) is 4.05. The molecule has 2 nitrogen and oxygen atoms in total. The third kappa shape index (κ3) is 2.80. The lowest BCUT2D eigenvalue weighted by atomic mass is 10.0. The van der Waals surface area contributed by atoms with Gasteiger partial charge >= 0.3 is 0 Å². The average Bonchev–Trinajstić information content (AvgIpc) is 2.38. The maximum absolute atomic E-state index is 11.3. The van der Waals surface area contributed by atoms with Gasteiger partial charge in [0, 0.05) is 0 Å². The molecule has 0 aliphatic carbocycles. The second-order valence-corrected chi connectivity index (χ2v) is 4.37. The molecule has 1 N–H and O–H groups in total. The molecule has 0 aromatic heterocycles. The first kappa shape index (κ1) is 12.0. The van der Waals surface area contributed by atoms with E-state index >= 15 is 0 Å². The third-order valence-corrected chi connectivity index (χ3v) is 3.08. The van der Waals surface area contributed by atoms with Gasteiger partial charge in [-0.05, 0) is 29.3 Å². The predicted octanol–water partition coefficient (Wildman–Crippen LogP) is 2.95. The van der Waals surface area contributed by atoms with Crippen molar-refractivity contribution in [3.05, 3.63) is 48.0 Å². The van der Waals surface area contributed by atoms with Crippen molar-refractivity contribution < 1.29 is 4.79 Å². The van der Waals surface area contributed by atoms with Crippen molar-refractivity contribution in [3.8, 4) is 0 Å². The highest BCUT2D eigenvalue weighted by atomic mass is 32.1. The second kappa shape index (κ2) is 5.23. The van der Waals surface area contributed by atoms with Crippen molar-refractivity contribution in [3.63, 3.8) is 0 Å². The summed E-state index contributed by atoms with van der Waals surface area (Å²) in [6, 6.07) is 14.4. The van der Waals surface area contributed by atoms with Crippen molar-refractivity contribution in [2.75, 3.05) is 5.75 Å². The van der Waals surface area contributed by atoms with Gasteiger partial charge in [-0.25, -0.2) is 0 Å². The van der Waals surface area contributed by atoms with E-state index in [0.717, 1.165) is 5.56 Å². The highest BCUT2D eigenvalue weighted by Gasteiger charge is 2.08. The van der Waals surface area contributed by atoms with Crippen LogP contribution in [0.1, 0.15) is 18.5 Å². The monoisotopic (exact) mass is 245 g/mol. The van der Waals surface area contributed by atoms with Crippen LogP contribution in [0.5, 0.6) is 0 Å². The van der Waals surface area contributed by atoms with E-state index in [1.165, 1.54) is 10.8 Å². The van der Waals surface area contributed by atoms with Gasteiger partial charge in [0.2, 0.25) is 5.91 Å². The fraction of sp³-hybridized carbons (Fsp3) is 0.214. The molecule has 2 aromatic carbocycles. The summed E-state index contributed by atoms with van der Waals surface area (Å²) in [5.74, 6) is 0.173. The first-order valence-corrected chi connectivity index (χ1v) is 6.23. The highest BCUT2D eigenvalue weighted by molar-refractivity contribution is 7.81. The number of fused-ring (bicyclic) bond motifs is 1. The Hall–Kier alpha value is -1.48. The molecule has 88 valence electrons.